The van der Waals surface area contributed by atoms with Crippen molar-refractivity contribution in [2.24, 2.45) is 0 Å². The lowest BCUT2D eigenvalue weighted by Crippen LogP contribution is -2.34. The van der Waals surface area contributed by atoms with Gasteiger partial charge in [0, 0.05) is 11.8 Å². The highest BCUT2D eigenvalue weighted by Gasteiger charge is 2.23. The van der Waals surface area contributed by atoms with Gasteiger partial charge in [0.15, 0.2) is 6.10 Å². The van der Waals surface area contributed by atoms with Crippen molar-refractivity contribution in [2.45, 2.75) is 13.0 Å². The van der Waals surface area contributed by atoms with Crippen molar-refractivity contribution < 1.29 is 23.9 Å². The Kier molecular flexibility index (Phi) is 5.21. The van der Waals surface area contributed by atoms with E-state index in [1.54, 1.807) is 55.5 Å². The second-order valence-corrected chi connectivity index (χ2v) is 5.90. The monoisotopic (exact) mass is 366 g/mol. The first-order valence-electron chi connectivity index (χ1n) is 8.25. The summed E-state index contributed by atoms with van der Waals surface area (Å²) < 4.78 is 10.1. The predicted molar refractivity (Wildman–Crippen MR) is 101 cm³/mol. The van der Waals surface area contributed by atoms with Crippen molar-refractivity contribution in [2.75, 3.05) is 17.7 Å². The number of nitrogens with one attached hydrogen (secondary N) is 2. The van der Waals surface area contributed by atoms with E-state index in [-0.39, 0.29) is 11.8 Å². The number of hydrogen-bond acceptors (Lipinski definition) is 5. The first kappa shape index (κ1) is 18.2. The molecule has 7 heteroatoms. The smallest absolute Gasteiger partial charge is 0.337 e. The number of amides is 2. The average molecular weight is 366 g/mol. The van der Waals surface area contributed by atoms with Gasteiger partial charge in [0.05, 0.1) is 18.4 Å². The molecule has 3 rings (SSSR count). The van der Waals surface area contributed by atoms with Crippen LogP contribution in [0.4, 0.5) is 11.4 Å². The molecule has 1 aliphatic rings. The molecule has 2 aromatic carbocycles. The van der Waals surface area contributed by atoms with E-state index in [2.05, 4.69) is 15.4 Å². The minimum Gasteiger partial charge on any atom is -0.479 e. The summed E-state index contributed by atoms with van der Waals surface area (Å²) in [6, 6.07) is 11.7. The molecular weight excluding hydrogens is 348 g/mol. The third-order valence-electron chi connectivity index (χ3n) is 3.94. The third kappa shape index (κ3) is 4.33. The number of rotatable bonds is 4. The molecule has 0 aliphatic carbocycles. The second kappa shape index (κ2) is 7.74. The zero-order valence-electron chi connectivity index (χ0n) is 14.8. The van der Waals surface area contributed by atoms with E-state index in [0.29, 0.717) is 22.7 Å². The van der Waals surface area contributed by atoms with Gasteiger partial charge in [0.25, 0.3) is 5.91 Å². The molecule has 0 saturated heterocycles. The van der Waals surface area contributed by atoms with Gasteiger partial charge in [-0.3, -0.25) is 9.59 Å². The molecule has 138 valence electrons. The zero-order chi connectivity index (χ0) is 19.4. The first-order chi connectivity index (χ1) is 13.0. The summed E-state index contributed by atoms with van der Waals surface area (Å²) in [6.45, 7) is 1.66. The Hall–Kier alpha value is -3.61. The van der Waals surface area contributed by atoms with Crippen LogP contribution in [0.5, 0.6) is 5.75 Å². The van der Waals surface area contributed by atoms with E-state index < -0.39 is 12.1 Å². The first-order valence-corrected chi connectivity index (χ1v) is 8.25. The van der Waals surface area contributed by atoms with Crippen LogP contribution in [0.2, 0.25) is 0 Å². The fraction of sp³-hybridized carbons (Fsp3) is 0.150. The molecular formula is C20H18N2O5. The highest BCUT2D eigenvalue weighted by molar-refractivity contribution is 6.03. The number of carbonyl (C=O) groups excluding carboxylic acids is 3. The summed E-state index contributed by atoms with van der Waals surface area (Å²) in [5.41, 5.74) is 2.24. The van der Waals surface area contributed by atoms with Gasteiger partial charge in [-0.05, 0) is 48.9 Å². The predicted octanol–water partition coefficient (Wildman–Crippen LogP) is 2.84. The molecule has 0 fully saturated rings. The molecule has 1 atom stereocenters. The maximum absolute atomic E-state index is 12.1. The summed E-state index contributed by atoms with van der Waals surface area (Å²) in [6.07, 6.45) is 2.46. The van der Waals surface area contributed by atoms with Gasteiger partial charge in [-0.25, -0.2) is 4.79 Å². The van der Waals surface area contributed by atoms with Gasteiger partial charge in [-0.15, -0.1) is 0 Å². The fourth-order valence-electron chi connectivity index (χ4n) is 2.49. The summed E-state index contributed by atoms with van der Waals surface area (Å²) in [5.74, 6) is -0.424. The van der Waals surface area contributed by atoms with Crippen molar-refractivity contribution in [1.82, 2.24) is 0 Å². The molecule has 1 heterocycles. The molecule has 2 aromatic rings. The van der Waals surface area contributed by atoms with Crippen LogP contribution in [0, 0.1) is 0 Å². The number of ether oxygens (including phenoxy) is 2. The summed E-state index contributed by atoms with van der Waals surface area (Å²) >= 11 is 0. The van der Waals surface area contributed by atoms with E-state index in [0.717, 1.165) is 5.56 Å². The maximum Gasteiger partial charge on any atom is 0.337 e. The van der Waals surface area contributed by atoms with Gasteiger partial charge >= 0.3 is 5.97 Å². The molecule has 0 saturated carbocycles. The Bertz CT molecular complexity index is 918. The largest absolute Gasteiger partial charge is 0.479 e. The Morgan fingerprint density at radius 2 is 1.93 bits per heavy atom. The number of esters is 1. The minimum absolute atomic E-state index is 0.235. The number of anilines is 2. The van der Waals surface area contributed by atoms with Crippen LogP contribution in [0.1, 0.15) is 22.8 Å². The molecule has 0 aromatic heterocycles. The van der Waals surface area contributed by atoms with Crippen molar-refractivity contribution in [1.29, 1.82) is 0 Å². The standard InChI is InChI=1S/C20H18N2O5/c1-12-19(24)22-16-11-15(8-9-17(16)27-12)21-18(23)10-5-13-3-6-14(7-4-13)20(25)26-2/h3-12H,1-2H3,(H,21,23)(H,22,24). The Balaban J connectivity index is 1.64. The van der Waals surface area contributed by atoms with Crippen LogP contribution in [-0.4, -0.2) is 31.0 Å². The Morgan fingerprint density at radius 3 is 2.63 bits per heavy atom. The lowest BCUT2D eigenvalue weighted by atomic mass is 10.1. The number of carbonyl (C=O) groups is 3. The number of methoxy groups -OCH3 is 1. The van der Waals surface area contributed by atoms with Crippen LogP contribution < -0.4 is 15.4 Å². The summed E-state index contributed by atoms with van der Waals surface area (Å²) in [4.78, 5) is 35.2. The number of benzene rings is 2. The SMILES string of the molecule is COC(=O)c1ccc(C=CC(=O)Nc2ccc3c(c2)NC(=O)C(C)O3)cc1. The van der Waals surface area contributed by atoms with Crippen LogP contribution in [-0.2, 0) is 14.3 Å². The van der Waals surface area contributed by atoms with Crippen molar-refractivity contribution >= 4 is 35.2 Å². The Morgan fingerprint density at radius 1 is 1.19 bits per heavy atom. The second-order valence-electron chi connectivity index (χ2n) is 5.90. The van der Waals surface area contributed by atoms with Crippen molar-refractivity contribution in [3.05, 3.63) is 59.7 Å². The maximum atomic E-state index is 12.1. The van der Waals surface area contributed by atoms with Crippen LogP contribution in [0.3, 0.4) is 0 Å². The third-order valence-corrected chi connectivity index (χ3v) is 3.94. The lowest BCUT2D eigenvalue weighted by Gasteiger charge is -2.23. The zero-order valence-corrected chi connectivity index (χ0v) is 14.8. The van der Waals surface area contributed by atoms with Gasteiger partial charge in [-0.1, -0.05) is 12.1 Å². The van der Waals surface area contributed by atoms with E-state index in [4.69, 9.17) is 4.74 Å². The molecule has 0 bridgehead atoms. The highest BCUT2D eigenvalue weighted by Crippen LogP contribution is 2.32. The van der Waals surface area contributed by atoms with Crippen molar-refractivity contribution in [3.63, 3.8) is 0 Å². The molecule has 0 radical (unpaired) electrons. The van der Waals surface area contributed by atoms with E-state index >= 15 is 0 Å². The van der Waals surface area contributed by atoms with Gasteiger partial charge in [-0.2, -0.15) is 0 Å². The van der Waals surface area contributed by atoms with Crippen LogP contribution >= 0.6 is 0 Å². The van der Waals surface area contributed by atoms with Gasteiger partial charge in [0.2, 0.25) is 5.91 Å². The minimum atomic E-state index is -0.550. The number of hydrogen-bond donors (Lipinski definition) is 2. The van der Waals surface area contributed by atoms with Crippen LogP contribution in [0.25, 0.3) is 6.08 Å². The van der Waals surface area contributed by atoms with Crippen LogP contribution in [0.15, 0.2) is 48.5 Å². The summed E-state index contributed by atoms with van der Waals surface area (Å²) in [7, 11) is 1.32. The lowest BCUT2D eigenvalue weighted by molar-refractivity contribution is -0.122. The molecule has 27 heavy (non-hydrogen) atoms. The van der Waals surface area contributed by atoms with E-state index in [9.17, 15) is 14.4 Å². The normalized spacial score (nSPS) is 15.5. The quantitative estimate of drug-likeness (QED) is 0.641. The summed E-state index contributed by atoms with van der Waals surface area (Å²) in [5, 5.41) is 5.45. The molecule has 1 unspecified atom stereocenters. The average Bonchev–Trinajstić information content (AvgIpc) is 2.67. The number of fused-ring (bicyclic) bond motifs is 1. The van der Waals surface area contributed by atoms with Gasteiger partial charge < -0.3 is 20.1 Å². The molecule has 1 aliphatic heterocycles. The van der Waals surface area contributed by atoms with E-state index in [1.165, 1.54) is 13.2 Å². The van der Waals surface area contributed by atoms with Crippen molar-refractivity contribution in [3.8, 4) is 5.75 Å². The molecule has 7 nitrogen and oxygen atoms in total. The van der Waals surface area contributed by atoms with Gasteiger partial charge in [0.1, 0.15) is 5.75 Å². The highest BCUT2D eigenvalue weighted by atomic mass is 16.5. The molecule has 0 spiro atoms. The molecule has 2 N–H and O–H groups in total. The van der Waals surface area contributed by atoms with E-state index in [1.807, 2.05) is 0 Å². The Labute approximate surface area is 156 Å². The fourth-order valence-corrected chi connectivity index (χ4v) is 2.49. The molecule has 2 amide bonds. The topological polar surface area (TPSA) is 93.7 Å².